The minimum absolute atomic E-state index is 0.0184. The zero-order valence-electron chi connectivity index (χ0n) is 16.2. The summed E-state index contributed by atoms with van der Waals surface area (Å²) in [4.78, 5) is 12.7. The number of hydrogen-bond donors (Lipinski definition) is 8. The Morgan fingerprint density at radius 2 is 1.58 bits per heavy atom. The highest BCUT2D eigenvalue weighted by atomic mass is 16.5. The number of carbonyl (C=O) groups is 1. The first-order chi connectivity index (χ1) is 14.6. The molecule has 0 unspecified atom stereocenters. The van der Waals surface area contributed by atoms with Crippen LogP contribution in [0.3, 0.4) is 0 Å². The third-order valence-electron chi connectivity index (χ3n) is 5.30. The number of Topliss-reactive ketones (excluding diaryl/α,β-unsaturated/α-hetero) is 1. The first-order valence-electron chi connectivity index (χ1n) is 9.51. The van der Waals surface area contributed by atoms with Gasteiger partial charge in [-0.05, 0) is 29.8 Å². The van der Waals surface area contributed by atoms with Crippen LogP contribution in [0.15, 0.2) is 36.4 Å². The van der Waals surface area contributed by atoms with Crippen LogP contribution >= 0.6 is 0 Å². The van der Waals surface area contributed by atoms with Gasteiger partial charge in [0.15, 0.2) is 5.78 Å². The van der Waals surface area contributed by atoms with Gasteiger partial charge >= 0.3 is 0 Å². The van der Waals surface area contributed by atoms with Crippen molar-refractivity contribution in [2.75, 3.05) is 6.61 Å². The number of ketones is 1. The molecule has 1 saturated heterocycles. The summed E-state index contributed by atoms with van der Waals surface area (Å²) in [5, 5.41) is 80.0. The predicted molar refractivity (Wildman–Crippen MR) is 105 cm³/mol. The van der Waals surface area contributed by atoms with E-state index in [1.54, 1.807) is 0 Å². The van der Waals surface area contributed by atoms with E-state index in [0.29, 0.717) is 5.56 Å². The van der Waals surface area contributed by atoms with Gasteiger partial charge in [-0.1, -0.05) is 12.1 Å². The fourth-order valence-corrected chi connectivity index (χ4v) is 3.54. The monoisotopic (exact) mass is 436 g/mol. The molecule has 2 aromatic rings. The molecular weight excluding hydrogens is 412 g/mol. The molecule has 3 rings (SSSR count). The molecule has 0 spiro atoms. The number of phenolic OH excluding ortho intramolecular Hbond substituents is 3. The first-order valence-corrected chi connectivity index (χ1v) is 9.51. The minimum Gasteiger partial charge on any atom is -0.508 e. The standard InChI is InChI=1S/C21H24O10/c22-8-14-18(28)19(29)20(30)21(31-14)15-12(24)6-5-11(17(15)27)16(26)13(25)7-9-1-3-10(23)4-2-9/h1-6,13-14,18-25,27-30H,7-8H2/t13-,14-,18-,19+,20-,21+/m1/s1. The number of benzene rings is 2. The van der Waals surface area contributed by atoms with Gasteiger partial charge in [0.25, 0.3) is 0 Å². The van der Waals surface area contributed by atoms with E-state index in [-0.39, 0.29) is 17.7 Å². The Kier molecular flexibility index (Phi) is 6.80. The summed E-state index contributed by atoms with van der Waals surface area (Å²) in [6, 6.07) is 7.95. The second-order valence-corrected chi connectivity index (χ2v) is 7.39. The Hall–Kier alpha value is -2.73. The average molecular weight is 436 g/mol. The molecule has 8 N–H and O–H groups in total. The number of hydrogen-bond acceptors (Lipinski definition) is 10. The number of rotatable bonds is 6. The Morgan fingerprint density at radius 3 is 2.19 bits per heavy atom. The number of aliphatic hydroxyl groups is 5. The average Bonchev–Trinajstić information content (AvgIpc) is 2.74. The van der Waals surface area contributed by atoms with Crippen LogP contribution in [0.5, 0.6) is 17.2 Å². The molecule has 0 aliphatic carbocycles. The highest BCUT2D eigenvalue weighted by Crippen LogP contribution is 2.43. The van der Waals surface area contributed by atoms with Gasteiger partial charge in [-0.25, -0.2) is 0 Å². The van der Waals surface area contributed by atoms with Crippen LogP contribution in [0, 0.1) is 0 Å². The molecule has 168 valence electrons. The van der Waals surface area contributed by atoms with Crippen molar-refractivity contribution in [2.45, 2.75) is 43.0 Å². The maximum absolute atomic E-state index is 12.7. The topological polar surface area (TPSA) is 188 Å². The summed E-state index contributed by atoms with van der Waals surface area (Å²) >= 11 is 0. The summed E-state index contributed by atoms with van der Waals surface area (Å²) < 4.78 is 5.35. The van der Waals surface area contributed by atoms with E-state index in [2.05, 4.69) is 0 Å². The summed E-state index contributed by atoms with van der Waals surface area (Å²) in [5.74, 6) is -2.20. The van der Waals surface area contributed by atoms with E-state index in [1.165, 1.54) is 24.3 Å². The van der Waals surface area contributed by atoms with Gasteiger partial charge in [-0.3, -0.25) is 4.79 Å². The fourth-order valence-electron chi connectivity index (χ4n) is 3.54. The van der Waals surface area contributed by atoms with Crippen LogP contribution in [0.2, 0.25) is 0 Å². The predicted octanol–water partition coefficient (Wildman–Crippen LogP) is -0.895. The van der Waals surface area contributed by atoms with Crippen LogP contribution in [0.4, 0.5) is 0 Å². The van der Waals surface area contributed by atoms with Gasteiger partial charge in [-0.15, -0.1) is 0 Å². The van der Waals surface area contributed by atoms with Crippen LogP contribution in [0.25, 0.3) is 0 Å². The van der Waals surface area contributed by atoms with E-state index < -0.39 is 66.1 Å². The van der Waals surface area contributed by atoms with Crippen LogP contribution < -0.4 is 0 Å². The van der Waals surface area contributed by atoms with E-state index >= 15 is 0 Å². The number of carbonyl (C=O) groups excluding carboxylic acids is 1. The Balaban J connectivity index is 1.91. The maximum Gasteiger partial charge on any atom is 0.195 e. The van der Waals surface area contributed by atoms with Crippen molar-refractivity contribution < 1.29 is 50.4 Å². The van der Waals surface area contributed by atoms with Crippen molar-refractivity contribution >= 4 is 5.78 Å². The van der Waals surface area contributed by atoms with Gasteiger partial charge < -0.3 is 45.6 Å². The third-order valence-corrected chi connectivity index (χ3v) is 5.30. The Bertz CT molecular complexity index is 927. The lowest BCUT2D eigenvalue weighted by molar-refractivity contribution is -0.232. The van der Waals surface area contributed by atoms with Crippen molar-refractivity contribution in [1.29, 1.82) is 0 Å². The van der Waals surface area contributed by atoms with Crippen molar-refractivity contribution in [2.24, 2.45) is 0 Å². The molecule has 0 saturated carbocycles. The molecule has 2 aromatic carbocycles. The summed E-state index contributed by atoms with van der Waals surface area (Å²) in [6.07, 6.45) is -9.73. The van der Waals surface area contributed by atoms with E-state index in [1.807, 2.05) is 0 Å². The van der Waals surface area contributed by atoms with E-state index in [0.717, 1.165) is 12.1 Å². The van der Waals surface area contributed by atoms with Crippen molar-refractivity contribution in [3.8, 4) is 17.2 Å². The molecule has 0 radical (unpaired) electrons. The van der Waals surface area contributed by atoms with Crippen LogP contribution in [-0.2, 0) is 11.2 Å². The summed E-state index contributed by atoms with van der Waals surface area (Å²) in [6.45, 7) is -0.715. The molecule has 1 aliphatic heterocycles. The minimum atomic E-state index is -1.79. The van der Waals surface area contributed by atoms with Crippen molar-refractivity contribution in [1.82, 2.24) is 0 Å². The maximum atomic E-state index is 12.7. The lowest BCUT2D eigenvalue weighted by Gasteiger charge is -2.40. The first kappa shape index (κ1) is 22.9. The molecule has 31 heavy (non-hydrogen) atoms. The van der Waals surface area contributed by atoms with Crippen LogP contribution in [0.1, 0.15) is 27.6 Å². The normalized spacial score (nSPS) is 27.1. The number of ether oxygens (including phenoxy) is 1. The second-order valence-electron chi connectivity index (χ2n) is 7.39. The van der Waals surface area contributed by atoms with Gasteiger partial charge in [0, 0.05) is 6.42 Å². The van der Waals surface area contributed by atoms with Gasteiger partial charge in [-0.2, -0.15) is 0 Å². The zero-order chi connectivity index (χ0) is 22.9. The molecule has 1 heterocycles. The Labute approximate surface area is 176 Å². The Morgan fingerprint density at radius 1 is 0.935 bits per heavy atom. The molecule has 6 atom stereocenters. The van der Waals surface area contributed by atoms with E-state index in [4.69, 9.17) is 4.74 Å². The summed E-state index contributed by atoms with van der Waals surface area (Å²) in [7, 11) is 0. The number of aliphatic hydroxyl groups excluding tert-OH is 5. The molecule has 10 nitrogen and oxygen atoms in total. The SMILES string of the molecule is O=C(c1ccc(O)c([C@@H]2O[C@H](CO)[C@@H](O)[C@H](O)[C@H]2O)c1O)[C@H](O)Cc1ccc(O)cc1. The summed E-state index contributed by atoms with van der Waals surface area (Å²) in [5.41, 5.74) is -0.248. The lowest BCUT2D eigenvalue weighted by atomic mass is 9.88. The number of phenols is 3. The van der Waals surface area contributed by atoms with Crippen molar-refractivity contribution in [3.63, 3.8) is 0 Å². The molecule has 10 heteroatoms. The second kappa shape index (κ2) is 9.18. The van der Waals surface area contributed by atoms with Gasteiger partial charge in [0.2, 0.25) is 0 Å². The van der Waals surface area contributed by atoms with Crippen molar-refractivity contribution in [3.05, 3.63) is 53.1 Å². The molecule has 0 amide bonds. The highest BCUT2D eigenvalue weighted by Gasteiger charge is 2.46. The fraction of sp³-hybridized carbons (Fsp3) is 0.381. The molecule has 0 bridgehead atoms. The van der Waals surface area contributed by atoms with E-state index in [9.17, 15) is 45.6 Å². The highest BCUT2D eigenvalue weighted by molar-refractivity contribution is 6.02. The quantitative estimate of drug-likeness (QED) is 0.264. The third kappa shape index (κ3) is 4.49. The largest absolute Gasteiger partial charge is 0.508 e. The lowest BCUT2D eigenvalue weighted by Crippen LogP contribution is -2.55. The smallest absolute Gasteiger partial charge is 0.195 e. The zero-order valence-corrected chi connectivity index (χ0v) is 16.2. The molecule has 1 fully saturated rings. The van der Waals surface area contributed by atoms with Gasteiger partial charge in [0.05, 0.1) is 17.7 Å². The van der Waals surface area contributed by atoms with Crippen LogP contribution in [-0.4, -0.2) is 83.8 Å². The molecular formula is C21H24O10. The van der Waals surface area contributed by atoms with Gasteiger partial charge in [0.1, 0.15) is 53.9 Å². The molecule has 0 aromatic heterocycles. The number of aromatic hydroxyl groups is 3. The molecule has 1 aliphatic rings.